The number of pyridine rings is 1. The molecule has 4 aromatic rings. The number of nitrogens with one attached hydrogen (secondary N) is 1. The van der Waals surface area contributed by atoms with Gasteiger partial charge < -0.3 is 24.3 Å². The van der Waals surface area contributed by atoms with Crippen LogP contribution in [0.5, 0.6) is 6.01 Å². The molecule has 14 heteroatoms. The molecule has 1 aromatic carbocycles. The summed E-state index contributed by atoms with van der Waals surface area (Å²) < 4.78 is 70.9. The van der Waals surface area contributed by atoms with Gasteiger partial charge in [0.05, 0.1) is 29.4 Å². The number of hydrogen-bond donors (Lipinski definition) is 2. The maximum absolute atomic E-state index is 15.4. The van der Waals surface area contributed by atoms with Crippen molar-refractivity contribution in [2.24, 2.45) is 0 Å². The maximum atomic E-state index is 15.4. The minimum absolute atomic E-state index is 0.186. The summed E-state index contributed by atoms with van der Waals surface area (Å²) in [7, 11) is 0. The summed E-state index contributed by atoms with van der Waals surface area (Å²) >= 11 is 6.56. The van der Waals surface area contributed by atoms with E-state index in [1.54, 1.807) is 12.1 Å². The van der Waals surface area contributed by atoms with Gasteiger partial charge >= 0.3 is 6.18 Å². The van der Waals surface area contributed by atoms with Gasteiger partial charge in [-0.2, -0.15) is 18.2 Å². The highest BCUT2D eigenvalue weighted by atomic mass is 35.5. The van der Waals surface area contributed by atoms with Crippen molar-refractivity contribution < 1.29 is 36.9 Å². The molecule has 5 atom stereocenters. The summed E-state index contributed by atoms with van der Waals surface area (Å²) in [4.78, 5) is 18.9. The first kappa shape index (κ1) is 26.5. The summed E-state index contributed by atoms with van der Waals surface area (Å²) in [5.74, 6) is -1.90. The number of alkyl halides is 3. The molecule has 2 N–H and O–H groups in total. The largest absolute Gasteiger partial charge is 0.456 e. The number of rotatable bonds is 5. The highest BCUT2D eigenvalue weighted by Gasteiger charge is 2.48. The van der Waals surface area contributed by atoms with E-state index in [9.17, 15) is 18.3 Å². The molecule has 214 valence electrons. The van der Waals surface area contributed by atoms with Gasteiger partial charge in [-0.1, -0.05) is 17.7 Å². The fraction of sp³-hybridized carbons (Fsp3) is 0.407. The van der Waals surface area contributed by atoms with Crippen LogP contribution in [-0.4, -0.2) is 67.7 Å². The van der Waals surface area contributed by atoms with E-state index < -0.39 is 42.2 Å². The number of imidazole rings is 1. The second-order valence-corrected chi connectivity index (χ2v) is 10.8. The average molecular weight is 592 g/mol. The third-order valence-electron chi connectivity index (χ3n) is 7.79. The van der Waals surface area contributed by atoms with E-state index in [-0.39, 0.29) is 25.1 Å². The molecule has 0 unspecified atom stereocenters. The lowest BCUT2D eigenvalue weighted by Crippen LogP contribution is -2.34. The number of hydrogen-bond acceptors (Lipinski definition) is 8. The highest BCUT2D eigenvalue weighted by Crippen LogP contribution is 2.41. The van der Waals surface area contributed by atoms with Crippen molar-refractivity contribution in [3.05, 3.63) is 64.1 Å². The van der Waals surface area contributed by atoms with Crippen LogP contribution in [0.2, 0.25) is 5.02 Å². The summed E-state index contributed by atoms with van der Waals surface area (Å²) in [6, 6.07) is 4.98. The molecule has 0 bridgehead atoms. The quantitative estimate of drug-likeness (QED) is 0.328. The Bertz CT molecular complexity index is 1630. The summed E-state index contributed by atoms with van der Waals surface area (Å²) in [6.07, 6.45) is -2.90. The monoisotopic (exact) mass is 591 g/mol. The number of aryl methyl sites for hydroxylation is 1. The lowest BCUT2D eigenvalue weighted by molar-refractivity contribution is -0.144. The Morgan fingerprint density at radius 1 is 1.05 bits per heavy atom. The number of halogens is 5. The lowest BCUT2D eigenvalue weighted by atomic mass is 9.93. The molecule has 2 fully saturated rings. The smallest absolute Gasteiger partial charge is 0.451 e. The van der Waals surface area contributed by atoms with Gasteiger partial charge in [0.2, 0.25) is 5.82 Å². The zero-order chi connectivity index (χ0) is 28.5. The zero-order valence-corrected chi connectivity index (χ0v) is 21.9. The van der Waals surface area contributed by atoms with Crippen LogP contribution in [0.4, 0.5) is 17.6 Å². The van der Waals surface area contributed by atoms with Crippen molar-refractivity contribution in [1.82, 2.24) is 24.9 Å². The molecule has 3 aromatic heterocycles. The first-order valence-corrected chi connectivity index (χ1v) is 13.4. The van der Waals surface area contributed by atoms with Crippen molar-refractivity contribution in [1.29, 1.82) is 0 Å². The van der Waals surface area contributed by atoms with E-state index in [0.717, 1.165) is 18.0 Å². The van der Waals surface area contributed by atoms with Crippen LogP contribution in [-0.2, 0) is 28.5 Å². The van der Waals surface area contributed by atoms with Gasteiger partial charge in [0.15, 0.2) is 11.8 Å². The van der Waals surface area contributed by atoms with Gasteiger partial charge in [-0.15, -0.1) is 0 Å². The van der Waals surface area contributed by atoms with E-state index in [1.807, 2.05) is 0 Å². The van der Waals surface area contributed by atoms with Crippen molar-refractivity contribution in [2.75, 3.05) is 13.2 Å². The zero-order valence-electron chi connectivity index (χ0n) is 21.2. The molecule has 7 rings (SSSR count). The number of fused-ring (bicyclic) bond motifs is 3. The van der Waals surface area contributed by atoms with Crippen molar-refractivity contribution >= 4 is 22.8 Å². The van der Waals surface area contributed by atoms with Crippen LogP contribution in [0.25, 0.3) is 22.3 Å². The van der Waals surface area contributed by atoms with Gasteiger partial charge in [-0.25, -0.2) is 19.3 Å². The Morgan fingerprint density at radius 3 is 2.61 bits per heavy atom. The number of H-pyrrole nitrogens is 1. The minimum atomic E-state index is -4.65. The number of aliphatic hydroxyl groups excluding tert-OH is 1. The van der Waals surface area contributed by atoms with Crippen LogP contribution in [0.1, 0.15) is 35.0 Å². The van der Waals surface area contributed by atoms with Crippen LogP contribution < -0.4 is 4.74 Å². The summed E-state index contributed by atoms with van der Waals surface area (Å²) in [5.41, 5.74) is 3.53. The van der Waals surface area contributed by atoms with Crippen molar-refractivity contribution in [3.8, 4) is 17.1 Å². The van der Waals surface area contributed by atoms with Crippen molar-refractivity contribution in [2.45, 2.75) is 55.8 Å². The molecule has 2 aliphatic heterocycles. The van der Waals surface area contributed by atoms with E-state index in [1.165, 1.54) is 6.07 Å². The number of ether oxygens (including phenoxy) is 3. The third kappa shape index (κ3) is 4.80. The molecule has 2 saturated heterocycles. The van der Waals surface area contributed by atoms with E-state index in [4.69, 9.17) is 25.8 Å². The van der Waals surface area contributed by atoms with E-state index in [2.05, 4.69) is 24.9 Å². The van der Waals surface area contributed by atoms with Gasteiger partial charge in [0, 0.05) is 18.0 Å². The predicted molar refractivity (Wildman–Crippen MR) is 136 cm³/mol. The predicted octanol–water partition coefficient (Wildman–Crippen LogP) is 4.40. The van der Waals surface area contributed by atoms with Gasteiger partial charge in [0.25, 0.3) is 6.01 Å². The molecular weight excluding hydrogens is 570 g/mol. The molecule has 0 radical (unpaired) electrons. The second-order valence-electron chi connectivity index (χ2n) is 10.4. The number of aromatic nitrogens is 5. The Labute approximate surface area is 234 Å². The molecule has 5 heterocycles. The van der Waals surface area contributed by atoms with Crippen LogP contribution in [0.15, 0.2) is 30.6 Å². The van der Waals surface area contributed by atoms with Crippen molar-refractivity contribution in [3.63, 3.8) is 0 Å². The molecule has 0 spiro atoms. The summed E-state index contributed by atoms with van der Waals surface area (Å²) in [6.45, 7) is 0.439. The van der Waals surface area contributed by atoms with E-state index >= 15 is 4.39 Å². The van der Waals surface area contributed by atoms with Crippen LogP contribution >= 0.6 is 11.6 Å². The summed E-state index contributed by atoms with van der Waals surface area (Å²) in [5, 5.41) is 10.3. The molecule has 3 aliphatic rings. The molecule has 9 nitrogen and oxygen atoms in total. The molecule has 0 saturated carbocycles. The Balaban J connectivity index is 1.10. The number of aliphatic hydroxyl groups is 1. The minimum Gasteiger partial charge on any atom is -0.456 e. The standard InChI is InChI=1S/C27H22ClF4N5O4/c28-15-6-18-24(37-26(36-18)41-20-10-40-22-19(38)9-39-23(20)22)35-17(15)5-12-2-1-11-3-13(4-16(29)21(11)12)14-7-33-25(34-8-14)27(30,31)32/h3-4,6-8,12,19-20,22-23,38H,1-2,5,9-10H2,(H,35,36,37)/t12-,19-,20-,22-,23-/m1/s1. The first-order valence-electron chi connectivity index (χ1n) is 13.0. The van der Waals surface area contributed by atoms with E-state index in [0.29, 0.717) is 57.8 Å². The number of benzene rings is 1. The Kier molecular flexibility index (Phi) is 6.38. The molecule has 1 aliphatic carbocycles. The van der Waals surface area contributed by atoms with Crippen LogP contribution in [0, 0.1) is 5.82 Å². The SMILES string of the molecule is O[C@@H]1CO[C@H]2[C@@H]1OC[C@H]2Oc1nc2nc(C[C@H]3CCc4cc(-c5cnc(C(F)(F)F)nc5)cc(F)c43)c(Cl)cc2[nH]1. The fourth-order valence-corrected chi connectivity index (χ4v) is 6.09. The first-order chi connectivity index (χ1) is 19.6. The second kappa shape index (κ2) is 9.86. The average Bonchev–Trinajstić information content (AvgIpc) is 3.70. The normalized spacial score (nSPS) is 25.6. The lowest BCUT2D eigenvalue weighted by Gasteiger charge is -2.15. The Hall–Kier alpha value is -3.39. The van der Waals surface area contributed by atoms with Gasteiger partial charge in [0.1, 0.15) is 24.1 Å². The fourth-order valence-electron chi connectivity index (χ4n) is 5.86. The molecule has 0 amide bonds. The number of aromatic amines is 1. The maximum Gasteiger partial charge on any atom is 0.451 e. The molecular formula is C27H22ClF4N5O4. The third-order valence-corrected chi connectivity index (χ3v) is 8.11. The van der Waals surface area contributed by atoms with Gasteiger partial charge in [-0.3, -0.25) is 0 Å². The molecule has 41 heavy (non-hydrogen) atoms. The topological polar surface area (TPSA) is 115 Å². The highest BCUT2D eigenvalue weighted by molar-refractivity contribution is 6.31. The Morgan fingerprint density at radius 2 is 1.83 bits per heavy atom. The van der Waals surface area contributed by atoms with Crippen LogP contribution in [0.3, 0.4) is 0 Å². The van der Waals surface area contributed by atoms with Gasteiger partial charge in [-0.05, 0) is 54.0 Å². The number of nitrogens with zero attached hydrogens (tertiary/aromatic N) is 4.